The number of halogens is 1. The Balaban J connectivity index is 2.10. The van der Waals surface area contributed by atoms with Crippen molar-refractivity contribution in [2.45, 2.75) is 18.4 Å². The molecule has 0 amide bonds. The quantitative estimate of drug-likeness (QED) is 0.217. The van der Waals surface area contributed by atoms with E-state index in [1.165, 1.54) is 0 Å². The number of carbonyl (C=O) groups is 2. The van der Waals surface area contributed by atoms with E-state index in [0.29, 0.717) is 6.21 Å². The Morgan fingerprint density at radius 3 is 1.91 bits per heavy atom. The molecule has 0 saturated carbocycles. The Kier molecular flexibility index (Phi) is 9.08. The van der Waals surface area contributed by atoms with Gasteiger partial charge in [0.05, 0.1) is 27.2 Å². The summed E-state index contributed by atoms with van der Waals surface area (Å²) < 4.78 is 24.4. The van der Waals surface area contributed by atoms with Gasteiger partial charge in [0.1, 0.15) is 19.8 Å². The second kappa shape index (κ2) is 12.0. The van der Waals surface area contributed by atoms with Crippen LogP contribution in [0, 0.1) is 20.2 Å². The van der Waals surface area contributed by atoms with Crippen molar-refractivity contribution in [1.82, 2.24) is 0 Å². The average Bonchev–Trinajstić information content (AvgIpc) is 2.83. The number of aliphatic hydroxyl groups is 1. The molecule has 3 atom stereocenters. The van der Waals surface area contributed by atoms with Gasteiger partial charge in [-0.05, 0) is 24.3 Å². The Labute approximate surface area is 190 Å². The number of alkyl halides is 1. The van der Waals surface area contributed by atoms with Crippen molar-refractivity contribution in [3.05, 3.63) is 79.9 Å². The van der Waals surface area contributed by atoms with Crippen LogP contribution in [0.1, 0.15) is 20.7 Å². The second-order valence-electron chi connectivity index (χ2n) is 6.53. The summed E-state index contributed by atoms with van der Waals surface area (Å²) in [6, 6.07) is 8.62. The molecular weight excluding hydrogens is 461 g/mol. The predicted octanol–water partition coefficient (Wildman–Crippen LogP) is 2.22. The highest BCUT2D eigenvalue weighted by atomic mass is 19.1. The fourth-order valence-electron chi connectivity index (χ4n) is 2.53. The molecular formula is C20H18FN3O10. The molecule has 2 aromatic rings. The van der Waals surface area contributed by atoms with Gasteiger partial charge >= 0.3 is 11.9 Å². The molecule has 0 aliphatic heterocycles. The van der Waals surface area contributed by atoms with Crippen LogP contribution in [-0.4, -0.2) is 65.2 Å². The molecule has 13 nitrogen and oxygen atoms in total. The summed E-state index contributed by atoms with van der Waals surface area (Å²) in [5, 5.41) is 34.9. The largest absolute Gasteiger partial charge is 0.459 e. The third-order valence-corrected chi connectivity index (χ3v) is 4.26. The fraction of sp³-hybridized carbons (Fsp3) is 0.250. The maximum atomic E-state index is 14.6. The first-order valence-corrected chi connectivity index (χ1v) is 9.39. The first kappa shape index (κ1) is 25.8. The summed E-state index contributed by atoms with van der Waals surface area (Å²) >= 11 is 0. The first-order chi connectivity index (χ1) is 16.1. The Hall–Kier alpha value is -4.46. The molecule has 0 saturated heterocycles. The summed E-state index contributed by atoms with van der Waals surface area (Å²) in [5.74, 6) is -2.09. The standard InChI is InChI=1S/C20H18FN3O10/c1-32-22-10-16(21)18(34-20(27)13-4-8-15(9-5-13)24(30)31)17(25)11-33-19(26)12-2-6-14(7-3-12)23(28)29/h2-10,16-18,25H,11H2,1H3/b22-10+/t16-,17-,18+/m1/s1. The van der Waals surface area contributed by atoms with E-state index in [9.17, 15) is 39.3 Å². The van der Waals surface area contributed by atoms with Gasteiger partial charge in [-0.25, -0.2) is 14.0 Å². The molecule has 1 N–H and O–H groups in total. The van der Waals surface area contributed by atoms with E-state index < -0.39 is 46.8 Å². The van der Waals surface area contributed by atoms with E-state index in [1.54, 1.807) is 0 Å². The minimum absolute atomic E-state index is 0.0741. The van der Waals surface area contributed by atoms with E-state index >= 15 is 0 Å². The van der Waals surface area contributed by atoms with Crippen molar-refractivity contribution in [1.29, 1.82) is 0 Å². The van der Waals surface area contributed by atoms with Crippen molar-refractivity contribution in [3.63, 3.8) is 0 Å². The van der Waals surface area contributed by atoms with Gasteiger partial charge in [0, 0.05) is 24.3 Å². The molecule has 0 spiro atoms. The first-order valence-electron chi connectivity index (χ1n) is 9.39. The van der Waals surface area contributed by atoms with Crippen LogP contribution in [0.25, 0.3) is 0 Å². The van der Waals surface area contributed by atoms with Crippen LogP contribution >= 0.6 is 0 Å². The number of carbonyl (C=O) groups excluding carboxylic acids is 2. The number of nitrogens with zero attached hydrogens (tertiary/aromatic N) is 3. The number of aliphatic hydroxyl groups excluding tert-OH is 1. The van der Waals surface area contributed by atoms with Gasteiger partial charge in [0.2, 0.25) is 0 Å². The molecule has 34 heavy (non-hydrogen) atoms. The molecule has 0 aliphatic carbocycles. The molecule has 0 aromatic heterocycles. The zero-order valence-electron chi connectivity index (χ0n) is 17.5. The number of esters is 2. The van der Waals surface area contributed by atoms with E-state index in [0.717, 1.165) is 55.6 Å². The zero-order valence-corrected chi connectivity index (χ0v) is 17.5. The molecule has 0 aliphatic rings. The maximum absolute atomic E-state index is 14.6. The minimum atomic E-state index is -2.19. The van der Waals surface area contributed by atoms with Gasteiger partial charge in [-0.15, -0.1) is 0 Å². The third-order valence-electron chi connectivity index (χ3n) is 4.26. The molecule has 180 valence electrons. The second-order valence-corrected chi connectivity index (χ2v) is 6.53. The lowest BCUT2D eigenvalue weighted by atomic mass is 10.1. The van der Waals surface area contributed by atoms with Crippen LogP contribution in [0.15, 0.2) is 53.7 Å². The van der Waals surface area contributed by atoms with E-state index in [1.807, 2.05) is 0 Å². The lowest BCUT2D eigenvalue weighted by Crippen LogP contribution is -2.43. The number of benzene rings is 2. The molecule has 0 unspecified atom stereocenters. The van der Waals surface area contributed by atoms with E-state index in [4.69, 9.17) is 9.47 Å². The fourth-order valence-corrected chi connectivity index (χ4v) is 2.53. The number of ether oxygens (including phenoxy) is 2. The highest BCUT2D eigenvalue weighted by Crippen LogP contribution is 2.17. The van der Waals surface area contributed by atoms with Crippen LogP contribution in [0.4, 0.5) is 15.8 Å². The van der Waals surface area contributed by atoms with Crippen molar-refractivity contribution in [3.8, 4) is 0 Å². The van der Waals surface area contributed by atoms with Crippen LogP contribution in [0.2, 0.25) is 0 Å². The molecule has 0 fully saturated rings. The van der Waals surface area contributed by atoms with E-state index in [2.05, 4.69) is 9.99 Å². The summed E-state index contributed by atoms with van der Waals surface area (Å²) in [6.07, 6.45) is -5.33. The van der Waals surface area contributed by atoms with Gasteiger partial charge in [-0.3, -0.25) is 20.2 Å². The number of hydrogen-bond donors (Lipinski definition) is 1. The lowest BCUT2D eigenvalue weighted by molar-refractivity contribution is -0.385. The number of nitro groups is 2. The topological polar surface area (TPSA) is 181 Å². The minimum Gasteiger partial charge on any atom is -0.459 e. The molecule has 0 radical (unpaired) electrons. The summed E-state index contributed by atoms with van der Waals surface area (Å²) in [4.78, 5) is 48.9. The van der Waals surface area contributed by atoms with Crippen molar-refractivity contribution >= 4 is 29.5 Å². The van der Waals surface area contributed by atoms with Gasteiger partial charge in [-0.1, -0.05) is 5.16 Å². The number of hydrogen-bond acceptors (Lipinski definition) is 11. The SMILES string of the molecule is CO/N=C/[C@@H](F)[C@H](OC(=O)c1ccc([N+](=O)[O-])cc1)[C@H](O)COC(=O)c1ccc([N+](=O)[O-])cc1. The molecule has 14 heteroatoms. The lowest BCUT2D eigenvalue weighted by Gasteiger charge is -2.24. The van der Waals surface area contributed by atoms with Crippen LogP contribution in [0.3, 0.4) is 0 Å². The van der Waals surface area contributed by atoms with Crippen molar-refractivity contribution in [2.24, 2.45) is 5.16 Å². The Morgan fingerprint density at radius 2 is 1.47 bits per heavy atom. The third kappa shape index (κ3) is 7.03. The highest BCUT2D eigenvalue weighted by Gasteiger charge is 2.33. The summed E-state index contributed by atoms with van der Waals surface area (Å²) in [7, 11) is 1.13. The Morgan fingerprint density at radius 1 is 1.00 bits per heavy atom. The predicted molar refractivity (Wildman–Crippen MR) is 112 cm³/mol. The number of rotatable bonds is 11. The molecule has 2 aromatic carbocycles. The maximum Gasteiger partial charge on any atom is 0.338 e. The van der Waals surface area contributed by atoms with E-state index in [-0.39, 0.29) is 22.5 Å². The highest BCUT2D eigenvalue weighted by molar-refractivity contribution is 5.90. The molecule has 2 rings (SSSR count). The molecule has 0 heterocycles. The summed E-state index contributed by atoms with van der Waals surface area (Å²) in [5.41, 5.74) is -0.786. The van der Waals surface area contributed by atoms with Gasteiger partial charge in [-0.2, -0.15) is 0 Å². The normalized spacial score (nSPS) is 13.5. The van der Waals surface area contributed by atoms with Crippen LogP contribution < -0.4 is 0 Å². The molecule has 0 bridgehead atoms. The van der Waals surface area contributed by atoms with Gasteiger partial charge in [0.15, 0.2) is 12.3 Å². The van der Waals surface area contributed by atoms with Crippen molar-refractivity contribution in [2.75, 3.05) is 13.7 Å². The monoisotopic (exact) mass is 479 g/mol. The van der Waals surface area contributed by atoms with Crippen LogP contribution in [0.5, 0.6) is 0 Å². The Bertz CT molecular complexity index is 1060. The number of non-ortho nitro benzene ring substituents is 2. The number of nitro benzene ring substituents is 2. The average molecular weight is 479 g/mol. The summed E-state index contributed by atoms with van der Waals surface area (Å²) in [6.45, 7) is -0.810. The zero-order chi connectivity index (χ0) is 25.3. The number of oxime groups is 1. The van der Waals surface area contributed by atoms with Gasteiger partial charge in [0.25, 0.3) is 11.4 Å². The van der Waals surface area contributed by atoms with Crippen molar-refractivity contribution < 1.29 is 43.2 Å². The van der Waals surface area contributed by atoms with Gasteiger partial charge < -0.3 is 19.4 Å². The smallest absolute Gasteiger partial charge is 0.338 e. The van der Waals surface area contributed by atoms with Crippen LogP contribution in [-0.2, 0) is 14.3 Å².